The molecule has 21 heavy (non-hydrogen) atoms. The molecule has 1 aliphatic rings. The highest BCUT2D eigenvalue weighted by molar-refractivity contribution is 5.81. The molecule has 0 unspecified atom stereocenters. The first-order valence-corrected chi connectivity index (χ1v) is 5.84. The van der Waals surface area contributed by atoms with E-state index in [0.717, 1.165) is 12.7 Å². The molecule has 0 radical (unpaired) electrons. The van der Waals surface area contributed by atoms with E-state index in [1.54, 1.807) is 0 Å². The lowest BCUT2D eigenvalue weighted by Crippen LogP contribution is -2.51. The van der Waals surface area contributed by atoms with E-state index in [-0.39, 0.29) is 17.0 Å². The van der Waals surface area contributed by atoms with Gasteiger partial charge in [-0.1, -0.05) is 0 Å². The number of nitrogen functional groups attached to an aromatic ring is 1. The second kappa shape index (κ2) is 4.27. The highest BCUT2D eigenvalue weighted by Gasteiger charge is 2.70. The molecule has 9 nitrogen and oxygen atoms in total. The molecule has 0 saturated carbocycles. The van der Waals surface area contributed by atoms with Crippen molar-refractivity contribution >= 4 is 17.0 Å². The van der Waals surface area contributed by atoms with Crippen molar-refractivity contribution in [1.82, 2.24) is 19.5 Å². The van der Waals surface area contributed by atoms with E-state index in [0.29, 0.717) is 4.57 Å². The van der Waals surface area contributed by atoms with Gasteiger partial charge in [-0.05, 0) is 0 Å². The minimum atomic E-state index is -3.83. The maximum Gasteiger partial charge on any atom is 0.359 e. The summed E-state index contributed by atoms with van der Waals surface area (Å²) >= 11 is 0. The molecular weight excluding hydrogens is 292 g/mol. The number of aliphatic hydroxyl groups excluding tert-OH is 2. The molecule has 114 valence electrons. The van der Waals surface area contributed by atoms with Crippen LogP contribution in [0.1, 0.15) is 0 Å². The summed E-state index contributed by atoms with van der Waals surface area (Å²) in [5.74, 6) is -7.44. The van der Waals surface area contributed by atoms with Crippen LogP contribution < -0.4 is 5.73 Å². The summed E-state index contributed by atoms with van der Waals surface area (Å²) in [5.41, 5.74) is 5.25. The van der Waals surface area contributed by atoms with Crippen molar-refractivity contribution in [3.05, 3.63) is 12.7 Å². The number of halogens is 2. The highest BCUT2D eigenvalue weighted by Crippen LogP contribution is 2.46. The molecule has 3 rings (SSSR count). The molecule has 0 bridgehead atoms. The fourth-order valence-corrected chi connectivity index (χ4v) is 2.20. The van der Waals surface area contributed by atoms with E-state index in [1.165, 1.54) is 0 Å². The molecule has 2 aromatic rings. The Hall–Kier alpha value is -1.95. The number of nitrogens with zero attached hydrogens (tertiary/aromatic N) is 4. The number of nitrogens with two attached hydrogens (primary N) is 1. The maximum atomic E-state index is 14.9. The quantitative estimate of drug-likeness (QED) is 0.520. The molecule has 1 aliphatic heterocycles. The standard InChI is InChI=1S/C10H11F2N5O4/c11-9(20)6(19)4(1-18)21-10(9,12)17-3-16-5-7(13)14-2-15-8(5)17/h2-4,6,18-20H,1H2,(H2,13,14,15)/t4-,6-,9-,10+/m1/s1. The summed E-state index contributed by atoms with van der Waals surface area (Å²) < 4.78 is 34.3. The van der Waals surface area contributed by atoms with Crippen LogP contribution in [-0.2, 0) is 10.7 Å². The van der Waals surface area contributed by atoms with Gasteiger partial charge in [-0.3, -0.25) is 4.57 Å². The molecule has 2 aromatic heterocycles. The first kappa shape index (κ1) is 14.0. The minimum absolute atomic E-state index is 0.0316. The van der Waals surface area contributed by atoms with Crippen LogP contribution in [0, 0.1) is 0 Å². The summed E-state index contributed by atoms with van der Waals surface area (Å²) in [4.78, 5) is 11.1. The average molecular weight is 303 g/mol. The van der Waals surface area contributed by atoms with Crippen LogP contribution in [0.5, 0.6) is 0 Å². The third kappa shape index (κ3) is 1.65. The number of aromatic nitrogens is 4. The predicted octanol–water partition coefficient (Wildman–Crippen LogP) is -1.60. The molecule has 4 atom stereocenters. The molecule has 0 spiro atoms. The molecule has 1 saturated heterocycles. The van der Waals surface area contributed by atoms with Crippen molar-refractivity contribution in [3.8, 4) is 0 Å². The van der Waals surface area contributed by atoms with E-state index in [1.807, 2.05) is 0 Å². The Labute approximate surface area is 115 Å². The van der Waals surface area contributed by atoms with Gasteiger partial charge in [0.25, 0.3) is 0 Å². The normalized spacial score (nSPS) is 36.4. The SMILES string of the molecule is Nc1ncnc2c1ncn2[C@]1(F)O[C@H](CO)[C@@H](O)[C@]1(O)F. The predicted molar refractivity (Wildman–Crippen MR) is 62.8 cm³/mol. The van der Waals surface area contributed by atoms with Crippen molar-refractivity contribution in [1.29, 1.82) is 0 Å². The first-order valence-electron chi connectivity index (χ1n) is 5.84. The Morgan fingerprint density at radius 1 is 1.38 bits per heavy atom. The zero-order valence-electron chi connectivity index (χ0n) is 10.4. The molecule has 3 heterocycles. The van der Waals surface area contributed by atoms with Crippen molar-refractivity contribution in [2.24, 2.45) is 0 Å². The summed E-state index contributed by atoms with van der Waals surface area (Å²) in [5, 5.41) is 28.1. The molecule has 11 heteroatoms. The number of imidazole rings is 1. The number of rotatable bonds is 2. The van der Waals surface area contributed by atoms with Gasteiger partial charge >= 0.3 is 11.8 Å². The summed E-state index contributed by atoms with van der Waals surface area (Å²) in [6, 6.07) is 0. The Morgan fingerprint density at radius 3 is 2.71 bits per heavy atom. The van der Waals surface area contributed by atoms with Gasteiger partial charge in [-0.25, -0.2) is 19.3 Å². The van der Waals surface area contributed by atoms with Gasteiger partial charge in [0.15, 0.2) is 11.5 Å². The number of alkyl halides is 2. The van der Waals surface area contributed by atoms with Gasteiger partial charge in [0.05, 0.1) is 6.61 Å². The summed E-state index contributed by atoms with van der Waals surface area (Å²) in [7, 11) is 0. The van der Waals surface area contributed by atoms with E-state index in [4.69, 9.17) is 10.8 Å². The lowest BCUT2D eigenvalue weighted by molar-refractivity contribution is -0.322. The third-order valence-electron chi connectivity index (χ3n) is 3.34. The van der Waals surface area contributed by atoms with Crippen LogP contribution in [0.4, 0.5) is 14.6 Å². The number of hydrogen-bond acceptors (Lipinski definition) is 8. The molecule has 0 aromatic carbocycles. The van der Waals surface area contributed by atoms with Crippen molar-refractivity contribution in [2.45, 2.75) is 24.0 Å². The van der Waals surface area contributed by atoms with Gasteiger partial charge in [0, 0.05) is 0 Å². The van der Waals surface area contributed by atoms with Gasteiger partial charge in [-0.15, -0.1) is 0 Å². The van der Waals surface area contributed by atoms with Crippen LogP contribution in [-0.4, -0.2) is 59.5 Å². The summed E-state index contributed by atoms with van der Waals surface area (Å²) in [6.07, 6.45) is -2.18. The Morgan fingerprint density at radius 2 is 2.10 bits per heavy atom. The largest absolute Gasteiger partial charge is 0.394 e. The van der Waals surface area contributed by atoms with E-state index < -0.39 is 30.6 Å². The number of hydrogen-bond donors (Lipinski definition) is 4. The van der Waals surface area contributed by atoms with E-state index >= 15 is 0 Å². The van der Waals surface area contributed by atoms with Crippen LogP contribution in [0.25, 0.3) is 11.2 Å². The smallest absolute Gasteiger partial charge is 0.359 e. The van der Waals surface area contributed by atoms with Crippen LogP contribution in [0.15, 0.2) is 12.7 Å². The van der Waals surface area contributed by atoms with Crippen LogP contribution in [0.2, 0.25) is 0 Å². The lowest BCUT2D eigenvalue weighted by atomic mass is 10.1. The first-order chi connectivity index (χ1) is 9.83. The number of aliphatic hydroxyl groups is 3. The number of anilines is 1. The van der Waals surface area contributed by atoms with Gasteiger partial charge in [-0.2, -0.15) is 4.39 Å². The van der Waals surface area contributed by atoms with Crippen LogP contribution >= 0.6 is 0 Å². The highest BCUT2D eigenvalue weighted by atomic mass is 19.2. The van der Waals surface area contributed by atoms with Crippen molar-refractivity contribution in [2.75, 3.05) is 12.3 Å². The van der Waals surface area contributed by atoms with Gasteiger partial charge in [0.2, 0.25) is 0 Å². The topological polar surface area (TPSA) is 140 Å². The minimum Gasteiger partial charge on any atom is -0.394 e. The zero-order valence-corrected chi connectivity index (χ0v) is 10.4. The number of ether oxygens (including phenoxy) is 1. The van der Waals surface area contributed by atoms with Crippen LogP contribution in [0.3, 0.4) is 0 Å². The Balaban J connectivity index is 2.19. The number of fused-ring (bicyclic) bond motifs is 1. The molecule has 5 N–H and O–H groups in total. The average Bonchev–Trinajstić information content (AvgIpc) is 2.95. The van der Waals surface area contributed by atoms with E-state index in [2.05, 4.69) is 19.7 Å². The van der Waals surface area contributed by atoms with Crippen molar-refractivity contribution < 1.29 is 28.8 Å². The van der Waals surface area contributed by atoms with Gasteiger partial charge in [0.1, 0.15) is 30.4 Å². The second-order valence-corrected chi connectivity index (χ2v) is 4.56. The molecular formula is C10H11F2N5O4. The third-order valence-corrected chi connectivity index (χ3v) is 3.34. The summed E-state index contributed by atoms with van der Waals surface area (Å²) in [6.45, 7) is -0.900. The lowest BCUT2D eigenvalue weighted by Gasteiger charge is -2.28. The molecule has 0 amide bonds. The van der Waals surface area contributed by atoms with Gasteiger partial charge < -0.3 is 25.8 Å². The zero-order chi connectivity index (χ0) is 15.4. The second-order valence-electron chi connectivity index (χ2n) is 4.56. The Bertz CT molecular complexity index is 695. The van der Waals surface area contributed by atoms with Crippen molar-refractivity contribution in [3.63, 3.8) is 0 Å². The molecule has 1 fully saturated rings. The fourth-order valence-electron chi connectivity index (χ4n) is 2.20. The van der Waals surface area contributed by atoms with E-state index in [9.17, 15) is 19.0 Å². The molecule has 0 aliphatic carbocycles. The fraction of sp³-hybridized carbons (Fsp3) is 0.500. The monoisotopic (exact) mass is 303 g/mol. The Kier molecular flexibility index (Phi) is 2.85. The maximum absolute atomic E-state index is 14.9.